The third-order valence-corrected chi connectivity index (χ3v) is 4.44. The molecule has 0 bridgehead atoms. The lowest BCUT2D eigenvalue weighted by Crippen LogP contribution is -2.32. The first kappa shape index (κ1) is 21.1. The number of nitriles is 1. The van der Waals surface area contributed by atoms with Gasteiger partial charge >= 0.3 is 18.9 Å². The van der Waals surface area contributed by atoms with E-state index in [1.165, 1.54) is 6.20 Å². The van der Waals surface area contributed by atoms with Crippen molar-refractivity contribution in [3.05, 3.63) is 70.7 Å². The lowest BCUT2D eigenvalue weighted by molar-refractivity contribution is -0.226. The predicted octanol–water partition coefficient (Wildman–Crippen LogP) is 4.17. The Kier molecular flexibility index (Phi) is 6.18. The van der Waals surface area contributed by atoms with Crippen molar-refractivity contribution >= 4 is 16.9 Å². The molecule has 154 valence electrons. The number of aryl methyl sites for hydroxylation is 1. The molecular formula is C21H15F3N2O4. The largest absolute Gasteiger partial charge is 0.477 e. The van der Waals surface area contributed by atoms with E-state index in [0.717, 1.165) is 17.7 Å². The van der Waals surface area contributed by atoms with E-state index >= 15 is 0 Å². The molecule has 6 nitrogen and oxygen atoms in total. The maximum Gasteiger partial charge on any atom is 0.374 e. The van der Waals surface area contributed by atoms with Crippen LogP contribution in [-0.2, 0) is 16.0 Å². The van der Waals surface area contributed by atoms with Crippen molar-refractivity contribution in [2.75, 3.05) is 0 Å². The van der Waals surface area contributed by atoms with E-state index in [9.17, 15) is 18.0 Å². The number of hydrogen-bond donors (Lipinski definition) is 1. The smallest absolute Gasteiger partial charge is 0.374 e. The Labute approximate surface area is 169 Å². The summed E-state index contributed by atoms with van der Waals surface area (Å²) in [5.41, 5.74) is 2.50. The first-order valence-corrected chi connectivity index (χ1v) is 8.69. The maximum absolute atomic E-state index is 14.3. The zero-order valence-electron chi connectivity index (χ0n) is 15.6. The molecule has 2 aromatic carbocycles. The van der Waals surface area contributed by atoms with Crippen LogP contribution in [0.2, 0.25) is 0 Å². The highest BCUT2D eigenvalue weighted by atomic mass is 19.3. The van der Waals surface area contributed by atoms with E-state index in [1.807, 2.05) is 6.07 Å². The van der Waals surface area contributed by atoms with Crippen LogP contribution in [0.3, 0.4) is 0 Å². The average molecular weight is 416 g/mol. The first-order chi connectivity index (χ1) is 14.3. The molecule has 0 aliphatic heterocycles. The van der Waals surface area contributed by atoms with Crippen molar-refractivity contribution in [3.8, 4) is 11.8 Å². The molecule has 1 unspecified atom stereocenters. The highest BCUT2D eigenvalue weighted by Gasteiger charge is 2.26. The average Bonchev–Trinajstić information content (AvgIpc) is 2.71. The van der Waals surface area contributed by atoms with Crippen molar-refractivity contribution in [1.82, 2.24) is 4.98 Å². The lowest BCUT2D eigenvalue weighted by Gasteiger charge is -2.18. The van der Waals surface area contributed by atoms with Gasteiger partial charge in [-0.3, -0.25) is 9.72 Å². The number of ether oxygens (including phenoxy) is 2. The van der Waals surface area contributed by atoms with Crippen LogP contribution in [0.5, 0.6) is 5.75 Å². The topological polar surface area (TPSA) is 92.4 Å². The maximum atomic E-state index is 14.3. The molecule has 1 heterocycles. The molecule has 1 N–H and O–H groups in total. The van der Waals surface area contributed by atoms with Crippen molar-refractivity contribution < 1.29 is 32.5 Å². The van der Waals surface area contributed by atoms with Gasteiger partial charge in [0.25, 0.3) is 0 Å². The van der Waals surface area contributed by atoms with Crippen molar-refractivity contribution in [3.63, 3.8) is 0 Å². The second kappa shape index (κ2) is 8.80. The summed E-state index contributed by atoms with van der Waals surface area (Å²) in [6.07, 6.45) is -0.403. The summed E-state index contributed by atoms with van der Waals surface area (Å²) in [6, 6.07) is 11.0. The number of halogens is 3. The molecule has 1 atom stereocenters. The Hall–Kier alpha value is -3.64. The third-order valence-electron chi connectivity index (χ3n) is 4.44. The van der Waals surface area contributed by atoms with Gasteiger partial charge in [0.15, 0.2) is 0 Å². The Balaban J connectivity index is 2.04. The van der Waals surface area contributed by atoms with Crippen molar-refractivity contribution in [2.45, 2.75) is 26.2 Å². The van der Waals surface area contributed by atoms with Crippen LogP contribution in [0.4, 0.5) is 13.2 Å². The first-order valence-electron chi connectivity index (χ1n) is 8.69. The summed E-state index contributed by atoms with van der Waals surface area (Å²) in [7, 11) is 0. The lowest BCUT2D eigenvalue weighted by atomic mass is 9.98. The number of carboxylic acids is 1. The van der Waals surface area contributed by atoms with Crippen LogP contribution in [0.15, 0.2) is 42.6 Å². The highest BCUT2D eigenvalue weighted by Crippen LogP contribution is 2.33. The Morgan fingerprint density at radius 2 is 1.93 bits per heavy atom. The third kappa shape index (κ3) is 4.50. The molecule has 0 spiro atoms. The standard InChI is InChI=1S/C21H15F3N2O4/c1-11-14(8-12-2-4-13(9-25)5-3-12)10-26-18-15(22)6-7-16(17(11)18)29-20(19(27)28)30-21(23)24/h2-7,10,20-21H,8H2,1H3,(H,27,28). The number of carbonyl (C=O) groups is 1. The fourth-order valence-electron chi connectivity index (χ4n) is 2.97. The number of hydrogen-bond acceptors (Lipinski definition) is 5. The monoisotopic (exact) mass is 416 g/mol. The minimum Gasteiger partial charge on any atom is -0.477 e. The molecule has 30 heavy (non-hydrogen) atoms. The highest BCUT2D eigenvalue weighted by molar-refractivity contribution is 5.90. The van der Waals surface area contributed by atoms with Crippen LogP contribution in [0.25, 0.3) is 10.9 Å². The van der Waals surface area contributed by atoms with Gasteiger partial charge in [-0.2, -0.15) is 14.0 Å². The summed E-state index contributed by atoms with van der Waals surface area (Å²) in [5.74, 6) is -2.58. The van der Waals surface area contributed by atoms with Gasteiger partial charge in [0.1, 0.15) is 17.1 Å². The van der Waals surface area contributed by atoms with Crippen LogP contribution in [0, 0.1) is 24.1 Å². The second-order valence-electron chi connectivity index (χ2n) is 6.35. The second-order valence-corrected chi connectivity index (χ2v) is 6.35. The normalized spacial score (nSPS) is 12.0. The molecule has 0 saturated heterocycles. The summed E-state index contributed by atoms with van der Waals surface area (Å²) in [4.78, 5) is 15.3. The van der Waals surface area contributed by atoms with Gasteiger partial charge in [0.2, 0.25) is 0 Å². The van der Waals surface area contributed by atoms with Gasteiger partial charge in [0.05, 0.1) is 11.6 Å². The van der Waals surface area contributed by atoms with E-state index in [0.29, 0.717) is 23.1 Å². The van der Waals surface area contributed by atoms with Crippen LogP contribution in [0.1, 0.15) is 22.3 Å². The Bertz CT molecular complexity index is 1130. The SMILES string of the molecule is Cc1c(Cc2ccc(C#N)cc2)cnc2c(F)ccc(OC(OC(F)F)C(=O)O)c12. The molecule has 0 aliphatic carbocycles. The minimum absolute atomic E-state index is 0.0882. The molecule has 3 aromatic rings. The zero-order valence-corrected chi connectivity index (χ0v) is 15.6. The number of pyridine rings is 1. The molecule has 3 rings (SSSR count). The molecule has 1 aromatic heterocycles. The van der Waals surface area contributed by atoms with Gasteiger partial charge in [-0.15, -0.1) is 0 Å². The molecule has 9 heteroatoms. The molecule has 0 amide bonds. The summed E-state index contributed by atoms with van der Waals surface area (Å²) >= 11 is 0. The number of aliphatic carboxylic acids is 1. The number of rotatable bonds is 7. The number of aromatic nitrogens is 1. The quantitative estimate of drug-likeness (QED) is 0.581. The molecular weight excluding hydrogens is 401 g/mol. The Morgan fingerprint density at radius 3 is 2.53 bits per heavy atom. The molecule has 0 fully saturated rings. The van der Waals surface area contributed by atoms with Gasteiger partial charge in [-0.25, -0.2) is 9.18 Å². The van der Waals surface area contributed by atoms with E-state index in [1.54, 1.807) is 31.2 Å². The summed E-state index contributed by atoms with van der Waals surface area (Å²) < 4.78 is 48.4. The molecule has 0 radical (unpaired) electrons. The summed E-state index contributed by atoms with van der Waals surface area (Å²) in [5, 5.41) is 18.1. The summed E-state index contributed by atoms with van der Waals surface area (Å²) in [6.45, 7) is -1.71. The van der Waals surface area contributed by atoms with Crippen molar-refractivity contribution in [1.29, 1.82) is 5.26 Å². The van der Waals surface area contributed by atoms with Gasteiger partial charge < -0.3 is 9.84 Å². The Morgan fingerprint density at radius 1 is 1.23 bits per heavy atom. The van der Waals surface area contributed by atoms with Crippen LogP contribution >= 0.6 is 0 Å². The predicted molar refractivity (Wildman–Crippen MR) is 99.5 cm³/mol. The van der Waals surface area contributed by atoms with Gasteiger partial charge in [-0.05, 0) is 54.3 Å². The van der Waals surface area contributed by atoms with E-state index < -0.39 is 24.7 Å². The number of nitrogens with zero attached hydrogens (tertiary/aromatic N) is 2. The number of fused-ring (bicyclic) bond motifs is 1. The number of carboxylic acid groups (broad SMARTS) is 1. The molecule has 0 aliphatic rings. The minimum atomic E-state index is -3.37. The fourth-order valence-corrected chi connectivity index (χ4v) is 2.97. The van der Waals surface area contributed by atoms with Crippen LogP contribution in [-0.4, -0.2) is 29.0 Å². The number of benzene rings is 2. The van der Waals surface area contributed by atoms with Gasteiger partial charge in [-0.1, -0.05) is 12.1 Å². The van der Waals surface area contributed by atoms with Crippen molar-refractivity contribution in [2.24, 2.45) is 0 Å². The van der Waals surface area contributed by atoms with Gasteiger partial charge in [0, 0.05) is 11.6 Å². The zero-order chi connectivity index (χ0) is 21.8. The van der Waals surface area contributed by atoms with Crippen LogP contribution < -0.4 is 4.74 Å². The van der Waals surface area contributed by atoms with E-state index in [2.05, 4.69) is 9.72 Å². The number of alkyl halides is 2. The molecule has 0 saturated carbocycles. The van der Waals surface area contributed by atoms with E-state index in [4.69, 9.17) is 15.1 Å². The fraction of sp³-hybridized carbons (Fsp3) is 0.190. The van der Waals surface area contributed by atoms with E-state index in [-0.39, 0.29) is 16.7 Å².